The van der Waals surface area contributed by atoms with Gasteiger partial charge in [0.25, 0.3) is 5.91 Å². The van der Waals surface area contributed by atoms with Gasteiger partial charge in [-0.15, -0.1) is 0 Å². The number of carbonyl (C=O) groups excluding carboxylic acids is 1. The summed E-state index contributed by atoms with van der Waals surface area (Å²) in [5, 5.41) is 2.20. The molecule has 0 aliphatic carbocycles. The molecule has 2 rings (SSSR count). The molecule has 2 N–H and O–H groups in total. The summed E-state index contributed by atoms with van der Waals surface area (Å²) >= 11 is 0. The fourth-order valence-electron chi connectivity index (χ4n) is 2.07. The molecule has 5 nitrogen and oxygen atoms in total. The standard InChI is InChI=1S/C18H19F3N2O3S/c1-10(2)11(3)23-27(25,26)13-5-7-15(19)14(9-13)18(24)22-12-4-6-16(20)17(21)8-12/h4-11,23H,1-3H3,(H,22,24). The van der Waals surface area contributed by atoms with Crippen LogP contribution in [0.4, 0.5) is 18.9 Å². The van der Waals surface area contributed by atoms with Crippen molar-refractivity contribution in [1.29, 1.82) is 0 Å². The number of halogens is 3. The minimum atomic E-state index is -3.97. The Morgan fingerprint density at radius 3 is 2.15 bits per heavy atom. The monoisotopic (exact) mass is 400 g/mol. The van der Waals surface area contributed by atoms with E-state index in [4.69, 9.17) is 0 Å². The second-order valence-corrected chi connectivity index (χ2v) is 8.09. The Labute approximate surface area is 155 Å². The largest absolute Gasteiger partial charge is 0.322 e. The van der Waals surface area contributed by atoms with Gasteiger partial charge in [0.1, 0.15) is 5.82 Å². The molecule has 1 atom stereocenters. The number of hydrogen-bond acceptors (Lipinski definition) is 3. The molecule has 0 heterocycles. The Balaban J connectivity index is 2.31. The van der Waals surface area contributed by atoms with Gasteiger partial charge in [-0.25, -0.2) is 26.3 Å². The van der Waals surface area contributed by atoms with Gasteiger partial charge in [-0.05, 0) is 43.2 Å². The van der Waals surface area contributed by atoms with Crippen molar-refractivity contribution >= 4 is 21.6 Å². The molecule has 1 unspecified atom stereocenters. The van der Waals surface area contributed by atoms with E-state index in [1.807, 2.05) is 13.8 Å². The summed E-state index contributed by atoms with van der Waals surface area (Å²) in [5.74, 6) is -4.20. The third kappa shape index (κ3) is 5.08. The van der Waals surface area contributed by atoms with Crippen molar-refractivity contribution in [2.75, 3.05) is 5.32 Å². The Hall–Kier alpha value is -2.39. The van der Waals surface area contributed by atoms with E-state index in [-0.39, 0.29) is 22.5 Å². The summed E-state index contributed by atoms with van der Waals surface area (Å²) in [6.07, 6.45) is 0. The van der Waals surface area contributed by atoms with Crippen molar-refractivity contribution in [3.05, 3.63) is 59.4 Å². The summed E-state index contributed by atoms with van der Waals surface area (Å²) in [6, 6.07) is 5.05. The zero-order chi connectivity index (χ0) is 20.4. The molecule has 0 aliphatic rings. The molecule has 2 aromatic carbocycles. The lowest BCUT2D eigenvalue weighted by Gasteiger charge is -2.18. The number of sulfonamides is 1. The molecule has 27 heavy (non-hydrogen) atoms. The average Bonchev–Trinajstić information content (AvgIpc) is 2.57. The number of rotatable bonds is 6. The van der Waals surface area contributed by atoms with Crippen LogP contribution in [0.25, 0.3) is 0 Å². The van der Waals surface area contributed by atoms with E-state index in [1.54, 1.807) is 6.92 Å². The van der Waals surface area contributed by atoms with E-state index in [2.05, 4.69) is 10.0 Å². The van der Waals surface area contributed by atoms with Gasteiger partial charge in [0.05, 0.1) is 10.5 Å². The molecular formula is C18H19F3N2O3S. The highest BCUT2D eigenvalue weighted by Gasteiger charge is 2.22. The topological polar surface area (TPSA) is 75.3 Å². The van der Waals surface area contributed by atoms with E-state index < -0.39 is 38.9 Å². The maximum absolute atomic E-state index is 14.0. The molecule has 0 spiro atoms. The summed E-state index contributed by atoms with van der Waals surface area (Å²) in [6.45, 7) is 5.35. The number of hydrogen-bond donors (Lipinski definition) is 2. The summed E-state index contributed by atoms with van der Waals surface area (Å²) in [7, 11) is -3.97. The quantitative estimate of drug-likeness (QED) is 0.777. The Morgan fingerprint density at radius 1 is 0.926 bits per heavy atom. The first-order valence-electron chi connectivity index (χ1n) is 8.09. The number of benzene rings is 2. The first-order valence-corrected chi connectivity index (χ1v) is 9.58. The minimum Gasteiger partial charge on any atom is -0.322 e. The van der Waals surface area contributed by atoms with Gasteiger partial charge in [0, 0.05) is 17.8 Å². The lowest BCUT2D eigenvalue weighted by atomic mass is 10.1. The van der Waals surface area contributed by atoms with Gasteiger partial charge < -0.3 is 5.32 Å². The van der Waals surface area contributed by atoms with E-state index in [9.17, 15) is 26.4 Å². The van der Waals surface area contributed by atoms with Crippen molar-refractivity contribution in [2.45, 2.75) is 31.7 Å². The van der Waals surface area contributed by atoms with Crippen molar-refractivity contribution < 1.29 is 26.4 Å². The molecule has 146 valence electrons. The van der Waals surface area contributed by atoms with Crippen molar-refractivity contribution in [2.24, 2.45) is 5.92 Å². The van der Waals surface area contributed by atoms with Gasteiger partial charge in [-0.1, -0.05) is 13.8 Å². The zero-order valence-electron chi connectivity index (χ0n) is 14.9. The van der Waals surface area contributed by atoms with Crippen LogP contribution in [-0.4, -0.2) is 20.4 Å². The van der Waals surface area contributed by atoms with Crippen molar-refractivity contribution in [3.63, 3.8) is 0 Å². The normalized spacial score (nSPS) is 12.9. The minimum absolute atomic E-state index is 0.0244. The van der Waals surface area contributed by atoms with Crippen LogP contribution in [0, 0.1) is 23.4 Å². The van der Waals surface area contributed by atoms with Gasteiger partial charge in [0.2, 0.25) is 10.0 Å². The fraction of sp³-hybridized carbons (Fsp3) is 0.278. The van der Waals surface area contributed by atoms with Crippen molar-refractivity contribution in [3.8, 4) is 0 Å². The van der Waals surface area contributed by atoms with Gasteiger partial charge >= 0.3 is 0 Å². The highest BCUT2D eigenvalue weighted by Crippen LogP contribution is 2.19. The van der Waals surface area contributed by atoms with Crippen LogP contribution in [0.1, 0.15) is 31.1 Å². The SMILES string of the molecule is CC(C)C(C)NS(=O)(=O)c1ccc(F)c(C(=O)Nc2ccc(F)c(F)c2)c1. The van der Waals surface area contributed by atoms with Gasteiger partial charge in [-0.2, -0.15) is 0 Å². The zero-order valence-corrected chi connectivity index (χ0v) is 15.7. The molecule has 9 heteroatoms. The average molecular weight is 400 g/mol. The highest BCUT2D eigenvalue weighted by atomic mass is 32.2. The fourth-order valence-corrected chi connectivity index (χ4v) is 3.48. The summed E-state index contributed by atoms with van der Waals surface area (Å²) in [4.78, 5) is 12.0. The molecule has 0 radical (unpaired) electrons. The molecule has 0 aromatic heterocycles. The Kier molecular flexibility index (Phi) is 6.27. The van der Waals surface area contributed by atoms with Crippen LogP contribution >= 0.6 is 0 Å². The molecule has 0 bridgehead atoms. The van der Waals surface area contributed by atoms with Crippen LogP contribution in [0.3, 0.4) is 0 Å². The Bertz CT molecular complexity index is 962. The first kappa shape index (κ1) is 20.9. The predicted molar refractivity (Wildman–Crippen MR) is 95.3 cm³/mol. The molecule has 2 aromatic rings. The lowest BCUT2D eigenvalue weighted by molar-refractivity contribution is 0.102. The summed E-state index contributed by atoms with van der Waals surface area (Å²) in [5.41, 5.74) is -0.641. The second kappa shape index (κ2) is 8.10. The van der Waals surface area contributed by atoms with Crippen molar-refractivity contribution in [1.82, 2.24) is 4.72 Å². The number of anilines is 1. The molecule has 0 fully saturated rings. The highest BCUT2D eigenvalue weighted by molar-refractivity contribution is 7.89. The number of carbonyl (C=O) groups is 1. The van der Waals surface area contributed by atoms with Gasteiger partial charge in [-0.3, -0.25) is 4.79 Å². The molecule has 0 aliphatic heterocycles. The Morgan fingerprint density at radius 2 is 1.56 bits per heavy atom. The molecule has 0 saturated carbocycles. The number of amides is 1. The van der Waals surface area contributed by atoms with E-state index in [0.29, 0.717) is 0 Å². The third-order valence-corrected chi connectivity index (χ3v) is 5.57. The predicted octanol–water partition coefficient (Wildman–Crippen LogP) is 3.68. The van der Waals surface area contributed by atoms with E-state index in [0.717, 1.165) is 36.4 Å². The van der Waals surface area contributed by atoms with E-state index >= 15 is 0 Å². The van der Waals surface area contributed by atoms with E-state index in [1.165, 1.54) is 0 Å². The van der Waals surface area contributed by atoms with Gasteiger partial charge in [0.15, 0.2) is 11.6 Å². The smallest absolute Gasteiger partial charge is 0.258 e. The number of nitrogens with one attached hydrogen (secondary N) is 2. The van der Waals surface area contributed by atoms with Crippen LogP contribution in [0.2, 0.25) is 0 Å². The lowest BCUT2D eigenvalue weighted by Crippen LogP contribution is -2.36. The molecular weight excluding hydrogens is 381 g/mol. The summed E-state index contributed by atoms with van der Waals surface area (Å²) < 4.78 is 67.5. The van der Waals surface area contributed by atoms with Crippen LogP contribution < -0.4 is 10.0 Å². The molecule has 0 saturated heterocycles. The second-order valence-electron chi connectivity index (χ2n) is 6.38. The molecule has 1 amide bonds. The maximum atomic E-state index is 14.0. The van der Waals surface area contributed by atoms with Crippen LogP contribution in [-0.2, 0) is 10.0 Å². The van der Waals surface area contributed by atoms with Crippen LogP contribution in [0.5, 0.6) is 0 Å². The first-order chi connectivity index (χ1) is 12.5. The maximum Gasteiger partial charge on any atom is 0.258 e. The third-order valence-electron chi connectivity index (χ3n) is 4.01. The van der Waals surface area contributed by atoms with Crippen LogP contribution in [0.15, 0.2) is 41.3 Å².